The summed E-state index contributed by atoms with van der Waals surface area (Å²) in [5.41, 5.74) is 6.17. The highest BCUT2D eigenvalue weighted by molar-refractivity contribution is 5.95. The van der Waals surface area contributed by atoms with Crippen molar-refractivity contribution in [2.24, 2.45) is 0 Å². The van der Waals surface area contributed by atoms with Crippen molar-refractivity contribution in [1.29, 1.82) is 0 Å². The number of likely N-dealkylation sites (tertiary alicyclic amines) is 1. The van der Waals surface area contributed by atoms with Crippen molar-refractivity contribution in [2.45, 2.75) is 25.8 Å². The zero-order valence-corrected chi connectivity index (χ0v) is 17.2. The Morgan fingerprint density at radius 2 is 1.86 bits per heavy atom. The van der Waals surface area contributed by atoms with Crippen LogP contribution in [0.15, 0.2) is 48.8 Å². The van der Waals surface area contributed by atoms with Crippen LogP contribution < -0.4 is 10.2 Å². The van der Waals surface area contributed by atoms with Crippen molar-refractivity contribution in [3.63, 3.8) is 0 Å². The van der Waals surface area contributed by atoms with Gasteiger partial charge in [0.2, 0.25) is 5.91 Å². The van der Waals surface area contributed by atoms with Gasteiger partial charge >= 0.3 is 0 Å². The van der Waals surface area contributed by atoms with E-state index < -0.39 is 0 Å². The SMILES string of the molecule is CC(=O)N1CCC(Nc2cc(-c3cccc(N(C)C)c3)c3nccnc3c2)CC1. The lowest BCUT2D eigenvalue weighted by molar-refractivity contribution is -0.129. The Labute approximate surface area is 171 Å². The van der Waals surface area contributed by atoms with E-state index in [0.717, 1.165) is 59.5 Å². The minimum absolute atomic E-state index is 0.160. The molecule has 3 aromatic rings. The third kappa shape index (κ3) is 4.16. The smallest absolute Gasteiger partial charge is 0.219 e. The Kier molecular flexibility index (Phi) is 5.34. The number of carbonyl (C=O) groups is 1. The molecule has 2 heterocycles. The summed E-state index contributed by atoms with van der Waals surface area (Å²) in [7, 11) is 4.09. The number of fused-ring (bicyclic) bond motifs is 1. The number of nitrogens with one attached hydrogen (secondary N) is 1. The normalized spacial score (nSPS) is 14.8. The molecule has 1 aliphatic rings. The van der Waals surface area contributed by atoms with Crippen molar-refractivity contribution >= 4 is 28.3 Å². The van der Waals surface area contributed by atoms with Crippen LogP contribution >= 0.6 is 0 Å². The molecule has 6 heteroatoms. The number of benzene rings is 2. The maximum atomic E-state index is 11.6. The predicted octanol–water partition coefficient (Wildman–Crippen LogP) is 3.79. The summed E-state index contributed by atoms with van der Waals surface area (Å²) >= 11 is 0. The van der Waals surface area contributed by atoms with Gasteiger partial charge in [-0.1, -0.05) is 12.1 Å². The maximum Gasteiger partial charge on any atom is 0.219 e. The molecule has 1 amide bonds. The molecule has 0 spiro atoms. The largest absolute Gasteiger partial charge is 0.382 e. The third-order valence-corrected chi connectivity index (χ3v) is 5.56. The summed E-state index contributed by atoms with van der Waals surface area (Å²) in [5.74, 6) is 0.160. The van der Waals surface area contributed by atoms with Crippen LogP contribution in [-0.4, -0.2) is 54.0 Å². The molecule has 1 fully saturated rings. The zero-order valence-electron chi connectivity index (χ0n) is 17.2. The van der Waals surface area contributed by atoms with Crippen LogP contribution in [0.25, 0.3) is 22.2 Å². The summed E-state index contributed by atoms with van der Waals surface area (Å²) in [6.07, 6.45) is 5.37. The van der Waals surface area contributed by atoms with Gasteiger partial charge in [0, 0.05) is 69.5 Å². The Hall–Kier alpha value is -3.15. The Morgan fingerprint density at radius 1 is 1.10 bits per heavy atom. The minimum atomic E-state index is 0.160. The number of hydrogen-bond acceptors (Lipinski definition) is 5. The second-order valence-electron chi connectivity index (χ2n) is 7.82. The van der Waals surface area contributed by atoms with Gasteiger partial charge in [-0.15, -0.1) is 0 Å². The lowest BCUT2D eigenvalue weighted by atomic mass is 10.0. The predicted molar refractivity (Wildman–Crippen MR) is 118 cm³/mol. The molecule has 2 aromatic carbocycles. The molecular formula is C23H27N5O. The fraction of sp³-hybridized carbons (Fsp3) is 0.348. The standard InChI is InChI=1S/C23H27N5O/c1-16(29)28-11-7-18(8-12-28)26-19-14-21(23-22(15-19)24-9-10-25-23)17-5-4-6-20(13-17)27(2)3/h4-6,9-10,13-15,18,26H,7-8,11-12H2,1-3H3. The Balaban J connectivity index is 1.67. The molecular weight excluding hydrogens is 362 g/mol. The Bertz CT molecular complexity index is 1020. The van der Waals surface area contributed by atoms with Crippen molar-refractivity contribution in [3.05, 3.63) is 48.8 Å². The third-order valence-electron chi connectivity index (χ3n) is 5.56. The molecule has 1 aliphatic heterocycles. The molecule has 0 saturated carbocycles. The van der Waals surface area contributed by atoms with Gasteiger partial charge in [-0.25, -0.2) is 0 Å². The highest BCUT2D eigenvalue weighted by Gasteiger charge is 2.21. The van der Waals surface area contributed by atoms with E-state index in [-0.39, 0.29) is 5.91 Å². The minimum Gasteiger partial charge on any atom is -0.382 e. The zero-order chi connectivity index (χ0) is 20.4. The van der Waals surface area contributed by atoms with Gasteiger partial charge in [0.15, 0.2) is 0 Å². The van der Waals surface area contributed by atoms with Crippen LogP contribution in [0, 0.1) is 0 Å². The van der Waals surface area contributed by atoms with Crippen LogP contribution in [0.3, 0.4) is 0 Å². The molecule has 0 unspecified atom stereocenters. The van der Waals surface area contributed by atoms with Crippen molar-refractivity contribution in [3.8, 4) is 11.1 Å². The number of amides is 1. The highest BCUT2D eigenvalue weighted by atomic mass is 16.2. The number of rotatable bonds is 4. The molecule has 0 atom stereocenters. The van der Waals surface area contributed by atoms with Gasteiger partial charge < -0.3 is 15.1 Å². The molecule has 0 bridgehead atoms. The van der Waals surface area contributed by atoms with Crippen LogP contribution in [0.4, 0.5) is 11.4 Å². The number of anilines is 2. The van der Waals surface area contributed by atoms with E-state index in [1.54, 1.807) is 19.3 Å². The molecule has 0 radical (unpaired) electrons. The second-order valence-corrected chi connectivity index (χ2v) is 7.82. The molecule has 1 saturated heterocycles. The number of aromatic nitrogens is 2. The number of nitrogens with zero attached hydrogens (tertiary/aromatic N) is 4. The summed E-state index contributed by atoms with van der Waals surface area (Å²) in [6.45, 7) is 3.25. The molecule has 4 rings (SSSR count). The molecule has 29 heavy (non-hydrogen) atoms. The van der Waals surface area contributed by atoms with Crippen molar-refractivity contribution < 1.29 is 4.79 Å². The number of carbonyl (C=O) groups excluding carboxylic acids is 1. The molecule has 1 N–H and O–H groups in total. The Morgan fingerprint density at radius 3 is 2.59 bits per heavy atom. The van der Waals surface area contributed by atoms with Gasteiger partial charge in [-0.3, -0.25) is 14.8 Å². The second kappa shape index (κ2) is 8.07. The molecule has 6 nitrogen and oxygen atoms in total. The number of hydrogen-bond donors (Lipinski definition) is 1. The van der Waals surface area contributed by atoms with E-state index in [2.05, 4.69) is 56.6 Å². The van der Waals surface area contributed by atoms with E-state index in [0.29, 0.717) is 6.04 Å². The maximum absolute atomic E-state index is 11.6. The van der Waals surface area contributed by atoms with Gasteiger partial charge in [0.1, 0.15) is 0 Å². The molecule has 0 aliphatic carbocycles. The monoisotopic (exact) mass is 389 g/mol. The first kappa shape index (κ1) is 19.2. The first-order valence-corrected chi connectivity index (χ1v) is 10.1. The van der Waals surface area contributed by atoms with Crippen LogP contribution in [0.5, 0.6) is 0 Å². The molecule has 150 valence electrons. The molecule has 1 aromatic heterocycles. The lowest BCUT2D eigenvalue weighted by Gasteiger charge is -2.32. The van der Waals surface area contributed by atoms with Gasteiger partial charge in [-0.2, -0.15) is 0 Å². The number of piperidine rings is 1. The van der Waals surface area contributed by atoms with E-state index in [4.69, 9.17) is 0 Å². The lowest BCUT2D eigenvalue weighted by Crippen LogP contribution is -2.41. The fourth-order valence-electron chi connectivity index (χ4n) is 3.90. The first-order chi connectivity index (χ1) is 14.0. The van der Waals surface area contributed by atoms with Crippen LogP contribution in [0.1, 0.15) is 19.8 Å². The van der Waals surface area contributed by atoms with Crippen molar-refractivity contribution in [2.75, 3.05) is 37.4 Å². The average Bonchev–Trinajstić information content (AvgIpc) is 2.73. The topological polar surface area (TPSA) is 61.4 Å². The van der Waals surface area contributed by atoms with Gasteiger partial charge in [-0.05, 0) is 42.7 Å². The summed E-state index contributed by atoms with van der Waals surface area (Å²) < 4.78 is 0. The fourth-order valence-corrected chi connectivity index (χ4v) is 3.90. The first-order valence-electron chi connectivity index (χ1n) is 10.1. The van der Waals surface area contributed by atoms with Gasteiger partial charge in [0.25, 0.3) is 0 Å². The van der Waals surface area contributed by atoms with E-state index in [1.807, 2.05) is 19.0 Å². The van der Waals surface area contributed by atoms with Crippen LogP contribution in [-0.2, 0) is 4.79 Å². The van der Waals surface area contributed by atoms with Crippen LogP contribution in [0.2, 0.25) is 0 Å². The summed E-state index contributed by atoms with van der Waals surface area (Å²) in [5, 5.41) is 3.66. The van der Waals surface area contributed by atoms with E-state index in [9.17, 15) is 4.79 Å². The van der Waals surface area contributed by atoms with Crippen molar-refractivity contribution in [1.82, 2.24) is 14.9 Å². The summed E-state index contributed by atoms with van der Waals surface area (Å²) in [4.78, 5) is 24.7. The average molecular weight is 390 g/mol. The van der Waals surface area contributed by atoms with Gasteiger partial charge in [0.05, 0.1) is 11.0 Å². The highest BCUT2D eigenvalue weighted by Crippen LogP contribution is 2.32. The summed E-state index contributed by atoms with van der Waals surface area (Å²) in [6, 6.07) is 13.1. The van der Waals surface area contributed by atoms with E-state index in [1.165, 1.54) is 0 Å². The van der Waals surface area contributed by atoms with E-state index >= 15 is 0 Å². The quantitative estimate of drug-likeness (QED) is 0.736.